The highest BCUT2D eigenvalue weighted by molar-refractivity contribution is 6.01. The molecule has 3 rings (SSSR count). The molecule has 25 heavy (non-hydrogen) atoms. The van der Waals surface area contributed by atoms with Crippen molar-refractivity contribution in [2.45, 2.75) is 0 Å². The molecule has 2 heterocycles. The Labute approximate surface area is 146 Å². The first-order valence-corrected chi connectivity index (χ1v) is 8.10. The number of anilines is 2. The number of nitrogens with one attached hydrogen (secondary N) is 1. The molecule has 1 aliphatic rings. The Morgan fingerprint density at radius 2 is 1.88 bits per heavy atom. The first-order chi connectivity index (χ1) is 12.1. The van der Waals surface area contributed by atoms with Crippen LogP contribution in [0, 0.1) is 5.82 Å². The van der Waals surface area contributed by atoms with Gasteiger partial charge in [-0.1, -0.05) is 12.1 Å². The van der Waals surface area contributed by atoms with Crippen LogP contribution < -0.4 is 10.2 Å². The highest BCUT2D eigenvalue weighted by Gasteiger charge is 2.15. The highest BCUT2D eigenvalue weighted by atomic mass is 19.1. The molecule has 0 spiro atoms. The van der Waals surface area contributed by atoms with Crippen molar-refractivity contribution < 1.29 is 9.18 Å². The quantitative estimate of drug-likeness (QED) is 0.862. The fourth-order valence-electron chi connectivity index (χ4n) is 2.54. The van der Waals surface area contributed by atoms with E-state index in [4.69, 9.17) is 0 Å². The van der Waals surface area contributed by atoms with E-state index >= 15 is 0 Å². The largest absolute Gasteiger partial charge is 0.354 e. The van der Waals surface area contributed by atoms with Crippen LogP contribution in [0.3, 0.4) is 0 Å². The molecule has 0 bridgehead atoms. The van der Waals surface area contributed by atoms with Crippen LogP contribution in [0.15, 0.2) is 42.7 Å². The summed E-state index contributed by atoms with van der Waals surface area (Å²) in [5.74, 6) is 0.657. The summed E-state index contributed by atoms with van der Waals surface area (Å²) in [6, 6.07) is 7.69. The zero-order chi connectivity index (χ0) is 17.6. The maximum Gasteiger partial charge on any atom is 0.249 e. The van der Waals surface area contributed by atoms with Gasteiger partial charge in [-0.2, -0.15) is 0 Å². The van der Waals surface area contributed by atoms with Crippen LogP contribution >= 0.6 is 0 Å². The second kappa shape index (κ2) is 7.85. The number of benzene rings is 1. The third kappa shape index (κ3) is 4.84. The normalized spacial score (nSPS) is 15.5. The van der Waals surface area contributed by atoms with Gasteiger partial charge in [-0.3, -0.25) is 4.79 Å². The van der Waals surface area contributed by atoms with Crippen molar-refractivity contribution in [3.05, 3.63) is 54.1 Å². The summed E-state index contributed by atoms with van der Waals surface area (Å²) < 4.78 is 12.9. The zero-order valence-electron chi connectivity index (χ0n) is 14.0. The van der Waals surface area contributed by atoms with Crippen molar-refractivity contribution in [3.8, 4) is 0 Å². The van der Waals surface area contributed by atoms with Crippen molar-refractivity contribution in [2.75, 3.05) is 43.4 Å². The van der Waals surface area contributed by atoms with E-state index < -0.39 is 0 Å². The summed E-state index contributed by atoms with van der Waals surface area (Å²) in [5, 5.41) is 2.72. The van der Waals surface area contributed by atoms with Crippen LogP contribution in [0.1, 0.15) is 5.56 Å². The average molecular weight is 341 g/mol. The molecule has 1 aromatic heterocycles. The number of hydrogen-bond donors (Lipinski definition) is 1. The maximum absolute atomic E-state index is 12.9. The molecule has 0 unspecified atom stereocenters. The van der Waals surface area contributed by atoms with E-state index in [2.05, 4.69) is 32.1 Å². The molecular weight excluding hydrogens is 321 g/mol. The number of hydrogen-bond acceptors (Lipinski definition) is 5. The minimum Gasteiger partial charge on any atom is -0.354 e. The fraction of sp³-hybridized carbons (Fsp3) is 0.278. The van der Waals surface area contributed by atoms with Gasteiger partial charge in [-0.15, -0.1) is 0 Å². The van der Waals surface area contributed by atoms with Crippen LogP contribution in [-0.4, -0.2) is 54.0 Å². The number of aromatic nitrogens is 2. The van der Waals surface area contributed by atoms with Crippen molar-refractivity contribution >= 4 is 23.6 Å². The van der Waals surface area contributed by atoms with Gasteiger partial charge in [-0.05, 0) is 30.8 Å². The van der Waals surface area contributed by atoms with Gasteiger partial charge < -0.3 is 15.1 Å². The predicted octanol–water partition coefficient (Wildman–Crippen LogP) is 2.02. The second-order valence-electron chi connectivity index (χ2n) is 5.93. The molecule has 1 aliphatic heterocycles. The summed E-state index contributed by atoms with van der Waals surface area (Å²) in [6.07, 6.45) is 4.47. The first kappa shape index (κ1) is 17.0. The Kier molecular flexibility index (Phi) is 5.35. The summed E-state index contributed by atoms with van der Waals surface area (Å²) in [4.78, 5) is 24.8. The van der Waals surface area contributed by atoms with Gasteiger partial charge in [0.1, 0.15) is 23.8 Å². The Morgan fingerprint density at radius 1 is 1.16 bits per heavy atom. The van der Waals surface area contributed by atoms with Crippen molar-refractivity contribution in [1.82, 2.24) is 14.9 Å². The lowest BCUT2D eigenvalue weighted by molar-refractivity contribution is -0.111. The van der Waals surface area contributed by atoms with E-state index in [1.807, 2.05) is 0 Å². The minimum absolute atomic E-state index is 0.299. The van der Waals surface area contributed by atoms with Crippen LogP contribution in [0.5, 0.6) is 0 Å². The average Bonchev–Trinajstić information content (AvgIpc) is 2.62. The molecule has 0 saturated carbocycles. The molecule has 6 nitrogen and oxygen atoms in total. The lowest BCUT2D eigenvalue weighted by Crippen LogP contribution is -2.44. The lowest BCUT2D eigenvalue weighted by atomic mass is 10.2. The number of carbonyl (C=O) groups is 1. The molecule has 1 N–H and O–H groups in total. The molecular formula is C18H20FN5O. The number of carbonyl (C=O) groups excluding carboxylic acids is 1. The summed E-state index contributed by atoms with van der Waals surface area (Å²) in [5.41, 5.74) is 0.748. The van der Waals surface area contributed by atoms with Crippen LogP contribution in [0.2, 0.25) is 0 Å². The predicted molar refractivity (Wildman–Crippen MR) is 95.8 cm³/mol. The third-order valence-corrected chi connectivity index (χ3v) is 4.03. The Bertz CT molecular complexity index is 754. The molecule has 1 fully saturated rings. The number of amides is 1. The first-order valence-electron chi connectivity index (χ1n) is 8.10. The van der Waals surface area contributed by atoms with Gasteiger partial charge in [0, 0.05) is 38.3 Å². The Hall–Kier alpha value is -2.80. The van der Waals surface area contributed by atoms with Crippen molar-refractivity contribution in [3.63, 3.8) is 0 Å². The molecule has 7 heteroatoms. The topological polar surface area (TPSA) is 61.4 Å². The van der Waals surface area contributed by atoms with Crippen LogP contribution in [0.25, 0.3) is 6.08 Å². The number of rotatable bonds is 4. The molecule has 1 saturated heterocycles. The van der Waals surface area contributed by atoms with E-state index in [1.54, 1.807) is 24.3 Å². The third-order valence-electron chi connectivity index (χ3n) is 4.03. The van der Waals surface area contributed by atoms with Crippen molar-refractivity contribution in [1.29, 1.82) is 0 Å². The molecule has 2 aromatic rings. The van der Waals surface area contributed by atoms with Gasteiger partial charge in [0.15, 0.2) is 0 Å². The van der Waals surface area contributed by atoms with E-state index in [0.29, 0.717) is 5.82 Å². The molecule has 0 radical (unpaired) electrons. The Balaban J connectivity index is 1.61. The smallest absolute Gasteiger partial charge is 0.249 e. The maximum atomic E-state index is 12.9. The summed E-state index contributed by atoms with van der Waals surface area (Å²) in [6.45, 7) is 3.74. The fourth-order valence-corrected chi connectivity index (χ4v) is 2.54. The summed E-state index contributed by atoms with van der Waals surface area (Å²) in [7, 11) is 2.09. The Morgan fingerprint density at radius 3 is 2.60 bits per heavy atom. The number of halogens is 1. The molecule has 0 aliphatic carbocycles. The standard InChI is InChI=1S/C18H20FN5O/c1-23-8-10-24(11-9-23)17-12-16(20-13-21-17)22-18(25)7-4-14-2-5-15(19)6-3-14/h2-7,12-13H,8-11H2,1H3,(H,20,21,22,25). The van der Waals surface area contributed by atoms with Crippen LogP contribution in [0.4, 0.5) is 16.0 Å². The van der Waals surface area contributed by atoms with Gasteiger partial charge in [-0.25, -0.2) is 14.4 Å². The number of likely N-dealkylation sites (N-methyl/N-ethyl adjacent to an activating group) is 1. The second-order valence-corrected chi connectivity index (χ2v) is 5.93. The molecule has 1 aromatic carbocycles. The SMILES string of the molecule is CN1CCN(c2cc(NC(=O)C=Cc3ccc(F)cc3)ncn2)CC1. The lowest BCUT2D eigenvalue weighted by Gasteiger charge is -2.33. The van der Waals surface area contributed by atoms with E-state index in [1.165, 1.54) is 24.5 Å². The highest BCUT2D eigenvalue weighted by Crippen LogP contribution is 2.16. The van der Waals surface area contributed by atoms with E-state index in [0.717, 1.165) is 37.6 Å². The minimum atomic E-state index is -0.306. The van der Waals surface area contributed by atoms with E-state index in [9.17, 15) is 9.18 Å². The van der Waals surface area contributed by atoms with Crippen molar-refractivity contribution in [2.24, 2.45) is 0 Å². The van der Waals surface area contributed by atoms with Gasteiger partial charge in [0.2, 0.25) is 5.91 Å². The zero-order valence-corrected chi connectivity index (χ0v) is 14.0. The van der Waals surface area contributed by atoms with E-state index in [-0.39, 0.29) is 11.7 Å². The number of piperazine rings is 1. The number of nitrogens with zero attached hydrogens (tertiary/aromatic N) is 4. The molecule has 0 atom stereocenters. The van der Waals surface area contributed by atoms with Gasteiger partial charge in [0.05, 0.1) is 0 Å². The molecule has 130 valence electrons. The van der Waals surface area contributed by atoms with Gasteiger partial charge in [0.25, 0.3) is 0 Å². The molecule has 1 amide bonds. The monoisotopic (exact) mass is 341 g/mol. The summed E-state index contributed by atoms with van der Waals surface area (Å²) >= 11 is 0. The van der Waals surface area contributed by atoms with Gasteiger partial charge >= 0.3 is 0 Å². The van der Waals surface area contributed by atoms with Crippen LogP contribution in [-0.2, 0) is 4.79 Å².